The van der Waals surface area contributed by atoms with E-state index in [1.807, 2.05) is 128 Å². The van der Waals surface area contributed by atoms with E-state index in [9.17, 15) is 9.59 Å². The SMILES string of the molecule is O=C(Nc1cccc(SC(C(=O)Nc2ccc3cc[nH]c3c2)c2ccccc2)c1)c1ccc2ccccc2c1. The molecule has 0 saturated heterocycles. The maximum absolute atomic E-state index is 13.5. The van der Waals surface area contributed by atoms with E-state index in [1.54, 1.807) is 0 Å². The van der Waals surface area contributed by atoms with Crippen LogP contribution in [0.25, 0.3) is 21.7 Å². The molecule has 6 heteroatoms. The molecule has 39 heavy (non-hydrogen) atoms. The van der Waals surface area contributed by atoms with E-state index in [1.165, 1.54) is 11.8 Å². The van der Waals surface area contributed by atoms with Gasteiger partial charge in [0.2, 0.25) is 5.91 Å². The fourth-order valence-corrected chi connectivity index (χ4v) is 5.63. The number of hydrogen-bond acceptors (Lipinski definition) is 3. The lowest BCUT2D eigenvalue weighted by atomic mass is 10.1. The summed E-state index contributed by atoms with van der Waals surface area (Å²) < 4.78 is 0. The average Bonchev–Trinajstić information content (AvgIpc) is 3.44. The molecule has 0 saturated carbocycles. The van der Waals surface area contributed by atoms with Gasteiger partial charge in [-0.3, -0.25) is 9.59 Å². The van der Waals surface area contributed by atoms with E-state index >= 15 is 0 Å². The number of amides is 2. The molecule has 0 aliphatic rings. The molecule has 0 bridgehead atoms. The maximum Gasteiger partial charge on any atom is 0.255 e. The summed E-state index contributed by atoms with van der Waals surface area (Å²) in [7, 11) is 0. The molecule has 0 radical (unpaired) electrons. The van der Waals surface area contributed by atoms with Gasteiger partial charge in [0.05, 0.1) is 0 Å². The third kappa shape index (κ3) is 5.56. The number of hydrogen-bond donors (Lipinski definition) is 3. The van der Waals surface area contributed by atoms with Crippen molar-refractivity contribution < 1.29 is 9.59 Å². The highest BCUT2D eigenvalue weighted by Crippen LogP contribution is 2.37. The third-order valence-electron chi connectivity index (χ3n) is 6.52. The number of carbonyl (C=O) groups excluding carboxylic acids is 2. The zero-order chi connectivity index (χ0) is 26.6. The molecular weight excluding hydrogens is 502 g/mol. The topological polar surface area (TPSA) is 74.0 Å². The average molecular weight is 528 g/mol. The van der Waals surface area contributed by atoms with Gasteiger partial charge >= 0.3 is 0 Å². The van der Waals surface area contributed by atoms with Gasteiger partial charge in [0, 0.05) is 33.5 Å². The highest BCUT2D eigenvalue weighted by Gasteiger charge is 2.22. The number of aromatic nitrogens is 1. The molecule has 1 aromatic heterocycles. The molecular formula is C33H25N3O2S. The quantitative estimate of drug-likeness (QED) is 0.184. The van der Waals surface area contributed by atoms with E-state index in [2.05, 4.69) is 15.6 Å². The number of aromatic amines is 1. The Hall–Kier alpha value is -4.81. The number of rotatable bonds is 7. The van der Waals surface area contributed by atoms with Gasteiger partial charge in [0.1, 0.15) is 5.25 Å². The fourth-order valence-electron chi connectivity index (χ4n) is 4.55. The van der Waals surface area contributed by atoms with Crippen LogP contribution in [0, 0.1) is 0 Å². The number of anilines is 2. The molecule has 0 aliphatic heterocycles. The van der Waals surface area contributed by atoms with E-state index < -0.39 is 5.25 Å². The second-order valence-corrected chi connectivity index (χ2v) is 10.4. The highest BCUT2D eigenvalue weighted by atomic mass is 32.2. The molecule has 1 heterocycles. The minimum absolute atomic E-state index is 0.122. The maximum atomic E-state index is 13.5. The number of benzene rings is 5. The number of nitrogens with one attached hydrogen (secondary N) is 3. The number of carbonyl (C=O) groups is 2. The summed E-state index contributed by atoms with van der Waals surface area (Å²) in [6.45, 7) is 0. The van der Waals surface area contributed by atoms with Crippen molar-refractivity contribution in [2.45, 2.75) is 10.1 Å². The Morgan fingerprint density at radius 2 is 1.41 bits per heavy atom. The summed E-state index contributed by atoms with van der Waals surface area (Å²) in [6, 6.07) is 38.7. The third-order valence-corrected chi connectivity index (χ3v) is 7.77. The standard InChI is InChI=1S/C33H25N3O2S/c37-32(26-14-13-22-7-4-5-10-25(22)19-26)35-27-11-6-12-29(20-27)39-31(24-8-2-1-3-9-24)33(38)36-28-16-15-23-17-18-34-30(23)21-28/h1-21,31,34H,(H,35,37)(H,36,38). The van der Waals surface area contributed by atoms with Crippen molar-refractivity contribution in [3.8, 4) is 0 Å². The monoisotopic (exact) mass is 527 g/mol. The van der Waals surface area contributed by atoms with Crippen molar-refractivity contribution in [3.05, 3.63) is 139 Å². The zero-order valence-corrected chi connectivity index (χ0v) is 21.7. The van der Waals surface area contributed by atoms with Crippen molar-refractivity contribution in [2.24, 2.45) is 0 Å². The largest absolute Gasteiger partial charge is 0.361 e. The van der Waals surface area contributed by atoms with Crippen molar-refractivity contribution in [1.29, 1.82) is 0 Å². The van der Waals surface area contributed by atoms with Crippen LogP contribution in [0.4, 0.5) is 11.4 Å². The lowest BCUT2D eigenvalue weighted by molar-refractivity contribution is -0.115. The predicted octanol–water partition coefficient (Wildman–Crippen LogP) is 8.05. The Balaban J connectivity index is 1.22. The summed E-state index contributed by atoms with van der Waals surface area (Å²) in [5, 5.41) is 8.78. The molecule has 6 rings (SSSR count). The van der Waals surface area contributed by atoms with Gasteiger partial charge < -0.3 is 15.6 Å². The molecule has 2 amide bonds. The summed E-state index contributed by atoms with van der Waals surface area (Å²) in [6.07, 6.45) is 1.88. The van der Waals surface area contributed by atoms with Crippen LogP contribution in [0.3, 0.4) is 0 Å². The predicted molar refractivity (Wildman–Crippen MR) is 160 cm³/mol. The van der Waals surface area contributed by atoms with Crippen LogP contribution in [0.1, 0.15) is 21.2 Å². The Labute approximate surface area is 230 Å². The second kappa shape index (κ2) is 10.9. The molecule has 0 spiro atoms. The van der Waals surface area contributed by atoms with Crippen LogP contribution in [-0.2, 0) is 4.79 Å². The molecule has 3 N–H and O–H groups in total. The summed E-state index contributed by atoms with van der Waals surface area (Å²) >= 11 is 1.44. The summed E-state index contributed by atoms with van der Waals surface area (Å²) in [5.41, 5.74) is 3.85. The number of thioether (sulfide) groups is 1. The Morgan fingerprint density at radius 3 is 2.28 bits per heavy atom. The second-order valence-electron chi connectivity index (χ2n) is 9.22. The lowest BCUT2D eigenvalue weighted by Crippen LogP contribution is -2.19. The smallest absolute Gasteiger partial charge is 0.255 e. The van der Waals surface area contributed by atoms with E-state index in [0.717, 1.165) is 37.8 Å². The van der Waals surface area contributed by atoms with Gasteiger partial charge in [0.15, 0.2) is 0 Å². The Morgan fingerprint density at radius 1 is 0.641 bits per heavy atom. The van der Waals surface area contributed by atoms with Crippen LogP contribution >= 0.6 is 11.8 Å². The highest BCUT2D eigenvalue weighted by molar-refractivity contribution is 8.00. The van der Waals surface area contributed by atoms with Crippen LogP contribution in [0.2, 0.25) is 0 Å². The van der Waals surface area contributed by atoms with Crippen molar-refractivity contribution in [1.82, 2.24) is 4.98 Å². The van der Waals surface area contributed by atoms with E-state index in [-0.39, 0.29) is 11.8 Å². The molecule has 6 aromatic rings. The van der Waals surface area contributed by atoms with Crippen molar-refractivity contribution >= 4 is 56.6 Å². The Kier molecular flexibility index (Phi) is 6.85. The Bertz CT molecular complexity index is 1800. The first-order chi connectivity index (χ1) is 19.1. The molecule has 5 aromatic carbocycles. The molecule has 1 atom stereocenters. The zero-order valence-electron chi connectivity index (χ0n) is 20.9. The van der Waals surface area contributed by atoms with Crippen molar-refractivity contribution in [3.63, 3.8) is 0 Å². The minimum atomic E-state index is -0.489. The van der Waals surface area contributed by atoms with Gasteiger partial charge in [-0.25, -0.2) is 0 Å². The first kappa shape index (κ1) is 24.5. The van der Waals surface area contributed by atoms with Gasteiger partial charge in [-0.05, 0) is 70.3 Å². The molecule has 0 fully saturated rings. The molecule has 5 nitrogen and oxygen atoms in total. The summed E-state index contributed by atoms with van der Waals surface area (Å²) in [5.74, 6) is -0.303. The molecule has 190 valence electrons. The molecule has 0 aliphatic carbocycles. The van der Waals surface area contributed by atoms with Gasteiger partial charge in [-0.1, -0.05) is 72.8 Å². The summed E-state index contributed by atoms with van der Waals surface area (Å²) in [4.78, 5) is 30.6. The normalized spacial score (nSPS) is 11.8. The van der Waals surface area contributed by atoms with Gasteiger partial charge in [-0.15, -0.1) is 11.8 Å². The minimum Gasteiger partial charge on any atom is -0.361 e. The van der Waals surface area contributed by atoms with E-state index in [4.69, 9.17) is 0 Å². The number of fused-ring (bicyclic) bond motifs is 2. The fraction of sp³-hybridized carbons (Fsp3) is 0.0303. The van der Waals surface area contributed by atoms with Crippen LogP contribution in [0.5, 0.6) is 0 Å². The van der Waals surface area contributed by atoms with Gasteiger partial charge in [-0.2, -0.15) is 0 Å². The first-order valence-corrected chi connectivity index (χ1v) is 13.5. The number of H-pyrrole nitrogens is 1. The van der Waals surface area contributed by atoms with Crippen LogP contribution < -0.4 is 10.6 Å². The molecule has 1 unspecified atom stereocenters. The van der Waals surface area contributed by atoms with Crippen LogP contribution in [0.15, 0.2) is 132 Å². The van der Waals surface area contributed by atoms with Crippen molar-refractivity contribution in [2.75, 3.05) is 10.6 Å². The lowest BCUT2D eigenvalue weighted by Gasteiger charge is -2.18. The van der Waals surface area contributed by atoms with Gasteiger partial charge in [0.25, 0.3) is 5.91 Å². The van der Waals surface area contributed by atoms with E-state index in [0.29, 0.717) is 11.3 Å². The first-order valence-electron chi connectivity index (χ1n) is 12.6. The van der Waals surface area contributed by atoms with Crippen LogP contribution in [-0.4, -0.2) is 16.8 Å².